The zero-order chi connectivity index (χ0) is 27.7. The molecule has 2 aromatic heterocycles. The highest BCUT2D eigenvalue weighted by Gasteiger charge is 2.28. The number of methoxy groups -OCH3 is 1. The maximum Gasteiger partial charge on any atom is 0.360 e. The highest BCUT2D eigenvalue weighted by molar-refractivity contribution is 7.92. The number of aromatic nitrogens is 2. The molecule has 4 aromatic rings. The summed E-state index contributed by atoms with van der Waals surface area (Å²) in [6.45, 7) is 1.78. The third-order valence-electron chi connectivity index (χ3n) is 5.34. The van der Waals surface area contributed by atoms with E-state index in [1.54, 1.807) is 31.2 Å². The van der Waals surface area contributed by atoms with E-state index in [-0.39, 0.29) is 28.0 Å². The van der Waals surface area contributed by atoms with E-state index < -0.39 is 43.4 Å². The van der Waals surface area contributed by atoms with Gasteiger partial charge in [0.15, 0.2) is 5.69 Å². The van der Waals surface area contributed by atoms with Crippen LogP contribution < -0.4 is 8.91 Å². The van der Waals surface area contributed by atoms with Crippen LogP contribution >= 0.6 is 0 Å². The molecule has 0 spiro atoms. The average Bonchev–Trinajstić information content (AvgIpc) is 2.85. The SMILES string of the molecule is COC(=O)c1nc(NS(C)(=O)=O)c2cc(Cc3ccc(F)cc3)cnc2c1OS(=O)(=O)c1ccc(C)cc1. The molecule has 1 N–H and O–H groups in total. The van der Waals surface area contributed by atoms with E-state index in [1.165, 1.54) is 36.5 Å². The van der Waals surface area contributed by atoms with E-state index >= 15 is 0 Å². The number of carbonyl (C=O) groups excluding carboxylic acids is 1. The van der Waals surface area contributed by atoms with Gasteiger partial charge in [0.1, 0.15) is 22.0 Å². The number of sulfonamides is 1. The summed E-state index contributed by atoms with van der Waals surface area (Å²) in [5.74, 6) is -2.29. The van der Waals surface area contributed by atoms with E-state index in [0.717, 1.165) is 24.5 Å². The van der Waals surface area contributed by atoms with E-state index in [1.807, 2.05) is 0 Å². The number of hydrogen-bond donors (Lipinski definition) is 1. The quantitative estimate of drug-likeness (QED) is 0.253. The van der Waals surface area contributed by atoms with Crippen molar-refractivity contribution < 1.29 is 34.9 Å². The monoisotopic (exact) mass is 559 g/mol. The fourth-order valence-electron chi connectivity index (χ4n) is 3.57. The predicted molar refractivity (Wildman–Crippen MR) is 138 cm³/mol. The predicted octanol–water partition coefficient (Wildman–Crippen LogP) is 3.59. The number of aryl methyl sites for hydroxylation is 1. The number of nitrogens with one attached hydrogen (secondary N) is 1. The van der Waals surface area contributed by atoms with Crippen LogP contribution in [0.25, 0.3) is 10.9 Å². The van der Waals surface area contributed by atoms with Crippen LogP contribution in [-0.2, 0) is 31.3 Å². The summed E-state index contributed by atoms with van der Waals surface area (Å²) in [5.41, 5.74) is 1.38. The second-order valence-corrected chi connectivity index (χ2v) is 11.7. The summed E-state index contributed by atoms with van der Waals surface area (Å²) < 4.78 is 76.0. The lowest BCUT2D eigenvalue weighted by Gasteiger charge is -2.16. The second-order valence-electron chi connectivity index (χ2n) is 8.40. The summed E-state index contributed by atoms with van der Waals surface area (Å²) in [6.07, 6.45) is 2.58. The molecule has 13 heteroatoms. The van der Waals surface area contributed by atoms with Crippen LogP contribution in [-0.4, -0.2) is 46.1 Å². The standard InChI is InChI=1S/C25H22FN3O7S2/c1-15-4-10-19(11-5-15)38(33,34)36-23-21-20(24(29-37(3,31)32)28-22(23)25(30)35-2)13-17(14-27-21)12-16-6-8-18(26)9-7-16/h4-11,13-14H,12H2,1-3H3,(H,28,29). The van der Waals surface area contributed by atoms with E-state index in [0.29, 0.717) is 5.56 Å². The molecule has 198 valence electrons. The Bertz CT molecular complexity index is 1740. The summed E-state index contributed by atoms with van der Waals surface area (Å²) in [5, 5.41) is 0.0665. The number of esters is 1. The maximum atomic E-state index is 13.3. The van der Waals surface area contributed by atoms with Gasteiger partial charge >= 0.3 is 16.1 Å². The summed E-state index contributed by atoms with van der Waals surface area (Å²) in [4.78, 5) is 20.8. The van der Waals surface area contributed by atoms with Gasteiger partial charge in [-0.1, -0.05) is 29.8 Å². The zero-order valence-corrected chi connectivity index (χ0v) is 22.1. The molecule has 0 saturated carbocycles. The van der Waals surface area contributed by atoms with Gasteiger partial charge in [-0.25, -0.2) is 22.6 Å². The van der Waals surface area contributed by atoms with E-state index in [2.05, 4.69) is 14.7 Å². The Labute approximate surface area is 218 Å². The van der Waals surface area contributed by atoms with Crippen molar-refractivity contribution in [2.45, 2.75) is 18.2 Å². The lowest BCUT2D eigenvalue weighted by atomic mass is 10.0. The molecule has 0 amide bonds. The number of benzene rings is 2. The highest BCUT2D eigenvalue weighted by atomic mass is 32.2. The van der Waals surface area contributed by atoms with Crippen molar-refractivity contribution in [1.82, 2.24) is 9.97 Å². The third kappa shape index (κ3) is 6.06. The minimum Gasteiger partial charge on any atom is -0.464 e. The normalized spacial score (nSPS) is 11.8. The van der Waals surface area contributed by atoms with Gasteiger partial charge in [-0.05, 0) is 54.8 Å². The molecule has 0 unspecified atom stereocenters. The van der Waals surface area contributed by atoms with Crippen LogP contribution in [0, 0.1) is 12.7 Å². The second kappa shape index (κ2) is 10.3. The van der Waals surface area contributed by atoms with Crippen molar-refractivity contribution in [2.75, 3.05) is 18.1 Å². The molecule has 2 aromatic carbocycles. The number of pyridine rings is 2. The topological polar surface area (TPSA) is 142 Å². The Hall–Kier alpha value is -4.10. The molecule has 10 nitrogen and oxygen atoms in total. The number of fused-ring (bicyclic) bond motifs is 1. The first-order valence-electron chi connectivity index (χ1n) is 11.0. The van der Waals surface area contributed by atoms with Crippen molar-refractivity contribution in [3.8, 4) is 5.75 Å². The molecule has 0 bridgehead atoms. The molecule has 4 rings (SSSR count). The minimum absolute atomic E-state index is 0.0665. The molecule has 0 atom stereocenters. The van der Waals surface area contributed by atoms with E-state index in [4.69, 9.17) is 8.92 Å². The summed E-state index contributed by atoms with van der Waals surface area (Å²) in [6, 6.07) is 13.1. The van der Waals surface area contributed by atoms with E-state index in [9.17, 15) is 26.0 Å². The molecule has 0 radical (unpaired) electrons. The smallest absolute Gasteiger partial charge is 0.360 e. The molecule has 0 aliphatic carbocycles. The number of nitrogens with zero attached hydrogens (tertiary/aromatic N) is 2. The number of hydrogen-bond acceptors (Lipinski definition) is 9. The average molecular weight is 560 g/mol. The Morgan fingerprint density at radius 3 is 2.26 bits per heavy atom. The Kier molecular flexibility index (Phi) is 7.33. The minimum atomic E-state index is -4.46. The van der Waals surface area contributed by atoms with Crippen LogP contribution in [0.2, 0.25) is 0 Å². The van der Waals surface area contributed by atoms with Crippen LogP contribution in [0.3, 0.4) is 0 Å². The van der Waals surface area contributed by atoms with Crippen molar-refractivity contribution in [3.63, 3.8) is 0 Å². The highest BCUT2D eigenvalue weighted by Crippen LogP contribution is 2.35. The lowest BCUT2D eigenvalue weighted by Crippen LogP contribution is -2.18. The van der Waals surface area contributed by atoms with Gasteiger partial charge in [0.2, 0.25) is 15.8 Å². The number of anilines is 1. The van der Waals surface area contributed by atoms with Gasteiger partial charge in [0.05, 0.1) is 13.4 Å². The van der Waals surface area contributed by atoms with Crippen LogP contribution in [0.5, 0.6) is 5.75 Å². The number of rotatable bonds is 8. The molecular weight excluding hydrogens is 537 g/mol. The third-order valence-corrected chi connectivity index (χ3v) is 7.14. The first-order chi connectivity index (χ1) is 17.9. The molecule has 0 saturated heterocycles. The van der Waals surface area contributed by atoms with Crippen LogP contribution in [0.15, 0.2) is 65.7 Å². The van der Waals surface area contributed by atoms with Gasteiger partial charge < -0.3 is 8.92 Å². The first kappa shape index (κ1) is 26.9. The molecule has 0 aliphatic heterocycles. The van der Waals surface area contributed by atoms with Crippen molar-refractivity contribution in [3.05, 3.63) is 89.0 Å². The summed E-state index contributed by atoms with van der Waals surface area (Å²) >= 11 is 0. The summed E-state index contributed by atoms with van der Waals surface area (Å²) in [7, 11) is -7.29. The van der Waals surface area contributed by atoms with Crippen molar-refractivity contribution in [1.29, 1.82) is 0 Å². The Morgan fingerprint density at radius 1 is 1.00 bits per heavy atom. The fourth-order valence-corrected chi connectivity index (χ4v) is 5.02. The zero-order valence-electron chi connectivity index (χ0n) is 20.4. The number of carbonyl (C=O) groups is 1. The van der Waals surface area contributed by atoms with Crippen molar-refractivity contribution >= 4 is 42.8 Å². The molecule has 38 heavy (non-hydrogen) atoms. The number of halogens is 1. The van der Waals surface area contributed by atoms with Gasteiger partial charge in [-0.15, -0.1) is 0 Å². The van der Waals surface area contributed by atoms with Gasteiger partial charge in [0.25, 0.3) is 0 Å². The fraction of sp³-hybridized carbons (Fsp3) is 0.160. The Morgan fingerprint density at radius 2 is 1.66 bits per heavy atom. The van der Waals surface area contributed by atoms with Gasteiger partial charge in [0, 0.05) is 11.6 Å². The molecule has 0 aliphatic rings. The molecular formula is C25H22FN3O7S2. The largest absolute Gasteiger partial charge is 0.464 e. The lowest BCUT2D eigenvalue weighted by molar-refractivity contribution is 0.0592. The first-order valence-corrected chi connectivity index (χ1v) is 14.3. The molecule has 2 heterocycles. The van der Waals surface area contributed by atoms with Gasteiger partial charge in [-0.3, -0.25) is 9.71 Å². The number of ether oxygens (including phenoxy) is 1. The van der Waals surface area contributed by atoms with Gasteiger partial charge in [-0.2, -0.15) is 8.42 Å². The Balaban J connectivity index is 1.92. The van der Waals surface area contributed by atoms with Crippen LogP contribution in [0.1, 0.15) is 27.2 Å². The van der Waals surface area contributed by atoms with Crippen LogP contribution in [0.4, 0.5) is 10.2 Å². The van der Waals surface area contributed by atoms with Crippen molar-refractivity contribution in [2.24, 2.45) is 0 Å². The maximum absolute atomic E-state index is 13.3. The molecule has 0 fully saturated rings.